The van der Waals surface area contributed by atoms with Crippen LogP contribution in [0, 0.1) is 6.92 Å². The van der Waals surface area contributed by atoms with Crippen LogP contribution in [0.4, 0.5) is 5.69 Å². The third-order valence-electron chi connectivity index (χ3n) is 3.90. The Balaban J connectivity index is 2.01. The number of rotatable bonds is 1. The Hall–Kier alpha value is -2.33. The Kier molecular flexibility index (Phi) is 3.39. The van der Waals surface area contributed by atoms with Crippen LogP contribution in [-0.2, 0) is 0 Å². The van der Waals surface area contributed by atoms with Crippen molar-refractivity contribution < 1.29 is 15.0 Å². The molecular weight excluding hydrogens is 266 g/mol. The fourth-order valence-electron chi connectivity index (χ4n) is 2.79. The lowest BCUT2D eigenvalue weighted by molar-refractivity contribution is 0.0970. The van der Waals surface area contributed by atoms with Gasteiger partial charge in [-0.25, -0.2) is 0 Å². The van der Waals surface area contributed by atoms with Gasteiger partial charge in [0.2, 0.25) is 0 Å². The van der Waals surface area contributed by atoms with Crippen molar-refractivity contribution in [3.8, 4) is 5.75 Å². The second-order valence-corrected chi connectivity index (χ2v) is 5.32. The normalized spacial score (nSPS) is 17.4. The molecule has 0 saturated carbocycles. The van der Waals surface area contributed by atoms with Crippen molar-refractivity contribution in [2.45, 2.75) is 19.4 Å². The number of phenolic OH excluding ortho intramolecular Hbond substituents is 1. The summed E-state index contributed by atoms with van der Waals surface area (Å²) in [6.07, 6.45) is 0.00559. The van der Waals surface area contributed by atoms with Crippen molar-refractivity contribution in [3.63, 3.8) is 0 Å². The molecule has 4 heteroatoms. The van der Waals surface area contributed by atoms with E-state index in [1.807, 2.05) is 24.3 Å². The molecule has 21 heavy (non-hydrogen) atoms. The maximum absolute atomic E-state index is 12.8. The predicted octanol–water partition coefficient (Wildman–Crippen LogP) is 2.78. The molecule has 4 nitrogen and oxygen atoms in total. The topological polar surface area (TPSA) is 60.8 Å². The van der Waals surface area contributed by atoms with E-state index >= 15 is 0 Å². The SMILES string of the molecule is Cc1cc(O)ccc1C(=O)N1CCC(O)c2ccccc21. The second kappa shape index (κ2) is 5.22. The van der Waals surface area contributed by atoms with Crippen molar-refractivity contribution in [3.05, 3.63) is 59.2 Å². The van der Waals surface area contributed by atoms with Crippen molar-refractivity contribution >= 4 is 11.6 Å². The first-order chi connectivity index (χ1) is 10.1. The Morgan fingerprint density at radius 1 is 1.24 bits per heavy atom. The average Bonchev–Trinajstić information content (AvgIpc) is 2.47. The number of aromatic hydroxyl groups is 1. The summed E-state index contributed by atoms with van der Waals surface area (Å²) in [5.41, 5.74) is 2.85. The van der Waals surface area contributed by atoms with Gasteiger partial charge in [-0.2, -0.15) is 0 Å². The number of anilines is 1. The molecule has 1 unspecified atom stereocenters. The summed E-state index contributed by atoms with van der Waals surface area (Å²) < 4.78 is 0. The van der Waals surface area contributed by atoms with Gasteiger partial charge in [-0.15, -0.1) is 0 Å². The van der Waals surface area contributed by atoms with E-state index in [1.165, 1.54) is 6.07 Å². The molecule has 0 spiro atoms. The molecule has 3 rings (SSSR count). The van der Waals surface area contributed by atoms with E-state index in [9.17, 15) is 15.0 Å². The Labute approximate surface area is 123 Å². The summed E-state index contributed by atoms with van der Waals surface area (Å²) in [6, 6.07) is 12.2. The number of aryl methyl sites for hydroxylation is 1. The molecule has 1 aliphatic rings. The summed E-state index contributed by atoms with van der Waals surface area (Å²) in [5.74, 6) is 0.0466. The molecule has 108 valence electrons. The summed E-state index contributed by atoms with van der Waals surface area (Å²) >= 11 is 0. The minimum Gasteiger partial charge on any atom is -0.508 e. The second-order valence-electron chi connectivity index (χ2n) is 5.32. The van der Waals surface area contributed by atoms with Gasteiger partial charge in [-0.3, -0.25) is 4.79 Å². The number of nitrogens with zero attached hydrogens (tertiary/aromatic N) is 1. The van der Waals surface area contributed by atoms with E-state index in [0.29, 0.717) is 18.5 Å². The molecular formula is C17H17NO3. The number of phenols is 1. The monoisotopic (exact) mass is 283 g/mol. The minimum absolute atomic E-state index is 0.105. The quantitative estimate of drug-likeness (QED) is 0.846. The number of fused-ring (bicyclic) bond motifs is 1. The van der Waals surface area contributed by atoms with Gasteiger partial charge >= 0.3 is 0 Å². The number of para-hydroxylation sites is 1. The standard InChI is InChI=1S/C17H17NO3/c1-11-10-12(19)6-7-13(11)17(21)18-9-8-16(20)14-4-2-3-5-15(14)18/h2-7,10,16,19-20H,8-9H2,1H3. The van der Waals surface area contributed by atoms with Gasteiger partial charge in [-0.1, -0.05) is 18.2 Å². The van der Waals surface area contributed by atoms with Gasteiger partial charge in [0.15, 0.2) is 0 Å². The molecule has 0 aromatic heterocycles. The van der Waals surface area contributed by atoms with Gasteiger partial charge in [0.1, 0.15) is 5.75 Å². The van der Waals surface area contributed by atoms with E-state index < -0.39 is 6.10 Å². The van der Waals surface area contributed by atoms with Crippen LogP contribution in [0.15, 0.2) is 42.5 Å². The van der Waals surface area contributed by atoms with Crippen LogP contribution in [0.5, 0.6) is 5.75 Å². The first kappa shape index (κ1) is 13.6. The van der Waals surface area contributed by atoms with Crippen LogP contribution in [-0.4, -0.2) is 22.7 Å². The zero-order valence-electron chi connectivity index (χ0n) is 11.8. The number of hydrogen-bond donors (Lipinski definition) is 2. The van der Waals surface area contributed by atoms with Crippen molar-refractivity contribution in [1.82, 2.24) is 0 Å². The highest BCUT2D eigenvalue weighted by atomic mass is 16.3. The molecule has 0 aliphatic carbocycles. The highest BCUT2D eigenvalue weighted by Gasteiger charge is 2.28. The molecule has 0 radical (unpaired) electrons. The molecule has 2 aromatic carbocycles. The minimum atomic E-state index is -0.522. The first-order valence-corrected chi connectivity index (χ1v) is 6.96. The van der Waals surface area contributed by atoms with Crippen LogP contribution < -0.4 is 4.90 Å². The third kappa shape index (κ3) is 2.38. The maximum atomic E-state index is 12.8. The van der Waals surface area contributed by atoms with E-state index in [0.717, 1.165) is 16.8 Å². The molecule has 0 fully saturated rings. The first-order valence-electron chi connectivity index (χ1n) is 6.96. The number of aliphatic hydroxyl groups excluding tert-OH is 1. The molecule has 0 saturated heterocycles. The number of aliphatic hydroxyl groups is 1. The summed E-state index contributed by atoms with van der Waals surface area (Å²) in [7, 11) is 0. The number of benzene rings is 2. The van der Waals surface area contributed by atoms with E-state index in [-0.39, 0.29) is 11.7 Å². The van der Waals surface area contributed by atoms with Gasteiger partial charge in [0, 0.05) is 23.4 Å². The van der Waals surface area contributed by atoms with Crippen LogP contribution in [0.2, 0.25) is 0 Å². The fraction of sp³-hybridized carbons (Fsp3) is 0.235. The Morgan fingerprint density at radius 3 is 2.76 bits per heavy atom. The van der Waals surface area contributed by atoms with E-state index in [4.69, 9.17) is 0 Å². The lowest BCUT2D eigenvalue weighted by atomic mass is 9.97. The molecule has 1 aliphatic heterocycles. The molecule has 2 N–H and O–H groups in total. The summed E-state index contributed by atoms with van der Waals surface area (Å²) in [5, 5.41) is 19.5. The van der Waals surface area contributed by atoms with Crippen LogP contribution in [0.25, 0.3) is 0 Å². The average molecular weight is 283 g/mol. The highest BCUT2D eigenvalue weighted by molar-refractivity contribution is 6.07. The number of carbonyl (C=O) groups excluding carboxylic acids is 1. The molecule has 1 amide bonds. The Morgan fingerprint density at radius 2 is 2.00 bits per heavy atom. The number of carbonyl (C=O) groups is 1. The van der Waals surface area contributed by atoms with Crippen LogP contribution in [0.3, 0.4) is 0 Å². The fourth-order valence-corrected chi connectivity index (χ4v) is 2.79. The zero-order valence-corrected chi connectivity index (χ0v) is 11.8. The predicted molar refractivity (Wildman–Crippen MR) is 80.5 cm³/mol. The van der Waals surface area contributed by atoms with Gasteiger partial charge in [0.25, 0.3) is 5.91 Å². The largest absolute Gasteiger partial charge is 0.508 e. The number of hydrogen-bond acceptors (Lipinski definition) is 3. The van der Waals surface area contributed by atoms with Crippen LogP contribution in [0.1, 0.15) is 34.0 Å². The van der Waals surface area contributed by atoms with Gasteiger partial charge in [0.05, 0.1) is 6.10 Å². The van der Waals surface area contributed by atoms with Crippen molar-refractivity contribution in [2.75, 3.05) is 11.4 Å². The van der Waals surface area contributed by atoms with E-state index in [1.54, 1.807) is 24.0 Å². The molecule has 1 heterocycles. The number of amides is 1. The molecule has 2 aromatic rings. The maximum Gasteiger partial charge on any atom is 0.258 e. The van der Waals surface area contributed by atoms with Crippen molar-refractivity contribution in [2.24, 2.45) is 0 Å². The highest BCUT2D eigenvalue weighted by Crippen LogP contribution is 2.34. The summed E-state index contributed by atoms with van der Waals surface area (Å²) in [4.78, 5) is 14.5. The lowest BCUT2D eigenvalue weighted by Gasteiger charge is -2.32. The van der Waals surface area contributed by atoms with Gasteiger partial charge < -0.3 is 15.1 Å². The lowest BCUT2D eigenvalue weighted by Crippen LogP contribution is -2.37. The van der Waals surface area contributed by atoms with E-state index in [2.05, 4.69) is 0 Å². The van der Waals surface area contributed by atoms with Crippen LogP contribution >= 0.6 is 0 Å². The molecule has 1 atom stereocenters. The third-order valence-corrected chi connectivity index (χ3v) is 3.90. The smallest absolute Gasteiger partial charge is 0.258 e. The summed E-state index contributed by atoms with van der Waals surface area (Å²) in [6.45, 7) is 2.29. The van der Waals surface area contributed by atoms with Gasteiger partial charge in [-0.05, 0) is 43.2 Å². The zero-order chi connectivity index (χ0) is 15.0. The Bertz CT molecular complexity index is 696. The molecule has 0 bridgehead atoms. The van der Waals surface area contributed by atoms with Crippen molar-refractivity contribution in [1.29, 1.82) is 0 Å².